The summed E-state index contributed by atoms with van der Waals surface area (Å²) in [6.07, 6.45) is 5.78. The molecule has 0 unspecified atom stereocenters. The van der Waals surface area contributed by atoms with Crippen LogP contribution in [0.15, 0.2) is 30.5 Å². The SMILES string of the molecule is COc1cc(F)c(C(=O)Nc2ncccc2C)cc1OC1CCCC1. The minimum absolute atomic E-state index is 0.0771. The van der Waals surface area contributed by atoms with Crippen molar-refractivity contribution in [3.63, 3.8) is 0 Å². The molecule has 25 heavy (non-hydrogen) atoms. The number of halogens is 1. The molecule has 5 nitrogen and oxygen atoms in total. The van der Waals surface area contributed by atoms with Crippen LogP contribution in [0.1, 0.15) is 41.6 Å². The van der Waals surface area contributed by atoms with E-state index >= 15 is 0 Å². The van der Waals surface area contributed by atoms with E-state index in [-0.39, 0.29) is 17.4 Å². The maximum Gasteiger partial charge on any atom is 0.259 e. The van der Waals surface area contributed by atoms with Gasteiger partial charge in [0.15, 0.2) is 11.5 Å². The van der Waals surface area contributed by atoms with Gasteiger partial charge < -0.3 is 14.8 Å². The summed E-state index contributed by atoms with van der Waals surface area (Å²) in [6.45, 7) is 1.82. The van der Waals surface area contributed by atoms with Crippen LogP contribution in [0, 0.1) is 12.7 Å². The summed E-state index contributed by atoms with van der Waals surface area (Å²) >= 11 is 0. The molecule has 1 aliphatic rings. The number of hydrogen-bond donors (Lipinski definition) is 1. The van der Waals surface area contributed by atoms with Crippen LogP contribution in [0.5, 0.6) is 11.5 Å². The van der Waals surface area contributed by atoms with Gasteiger partial charge in [0.25, 0.3) is 5.91 Å². The van der Waals surface area contributed by atoms with Crippen LogP contribution in [-0.4, -0.2) is 24.1 Å². The first-order valence-corrected chi connectivity index (χ1v) is 8.35. The number of ether oxygens (including phenoxy) is 2. The van der Waals surface area contributed by atoms with Crippen LogP contribution < -0.4 is 14.8 Å². The van der Waals surface area contributed by atoms with Gasteiger partial charge in [0, 0.05) is 12.3 Å². The predicted octanol–water partition coefficient (Wildman–Crippen LogP) is 4.11. The summed E-state index contributed by atoms with van der Waals surface area (Å²) in [5.74, 6) is -0.158. The third-order valence-electron chi connectivity index (χ3n) is 4.34. The first-order valence-electron chi connectivity index (χ1n) is 8.35. The maximum atomic E-state index is 14.4. The number of aryl methyl sites for hydroxylation is 1. The summed E-state index contributed by atoms with van der Waals surface area (Å²) in [6, 6.07) is 6.18. The molecule has 1 heterocycles. The van der Waals surface area contributed by atoms with E-state index in [9.17, 15) is 9.18 Å². The van der Waals surface area contributed by atoms with Gasteiger partial charge in [0.1, 0.15) is 11.6 Å². The molecule has 1 N–H and O–H groups in total. The van der Waals surface area contributed by atoms with Crippen molar-refractivity contribution < 1.29 is 18.7 Å². The molecule has 0 radical (unpaired) electrons. The summed E-state index contributed by atoms with van der Waals surface area (Å²) < 4.78 is 25.5. The number of hydrogen-bond acceptors (Lipinski definition) is 4. The molecule has 0 aliphatic heterocycles. The molecular weight excluding hydrogens is 323 g/mol. The summed E-state index contributed by atoms with van der Waals surface area (Å²) in [5, 5.41) is 2.64. The molecule has 6 heteroatoms. The molecule has 0 spiro atoms. The first-order chi connectivity index (χ1) is 12.1. The molecule has 3 rings (SSSR count). The number of aromatic nitrogens is 1. The van der Waals surface area contributed by atoms with Crippen molar-refractivity contribution in [3.05, 3.63) is 47.4 Å². The van der Waals surface area contributed by atoms with E-state index in [2.05, 4.69) is 10.3 Å². The van der Waals surface area contributed by atoms with Gasteiger partial charge in [-0.2, -0.15) is 0 Å². The molecule has 1 aromatic heterocycles. The highest BCUT2D eigenvalue weighted by atomic mass is 19.1. The average Bonchev–Trinajstić information content (AvgIpc) is 3.11. The Morgan fingerprint density at radius 1 is 1.28 bits per heavy atom. The van der Waals surface area contributed by atoms with Crippen molar-refractivity contribution in [2.24, 2.45) is 0 Å². The number of carbonyl (C=O) groups is 1. The zero-order valence-corrected chi connectivity index (χ0v) is 14.3. The van der Waals surface area contributed by atoms with Gasteiger partial charge in [-0.3, -0.25) is 4.79 Å². The van der Waals surface area contributed by atoms with Gasteiger partial charge >= 0.3 is 0 Å². The third kappa shape index (κ3) is 3.90. The monoisotopic (exact) mass is 344 g/mol. The second-order valence-corrected chi connectivity index (χ2v) is 6.13. The van der Waals surface area contributed by atoms with E-state index < -0.39 is 11.7 Å². The topological polar surface area (TPSA) is 60.5 Å². The molecule has 1 aliphatic carbocycles. The van der Waals surface area contributed by atoms with Crippen molar-refractivity contribution in [2.45, 2.75) is 38.7 Å². The number of nitrogens with one attached hydrogen (secondary N) is 1. The third-order valence-corrected chi connectivity index (χ3v) is 4.34. The van der Waals surface area contributed by atoms with Crippen LogP contribution in [0.3, 0.4) is 0 Å². The highest BCUT2D eigenvalue weighted by Gasteiger charge is 2.22. The molecule has 1 saturated carbocycles. The van der Waals surface area contributed by atoms with Crippen molar-refractivity contribution in [2.75, 3.05) is 12.4 Å². The lowest BCUT2D eigenvalue weighted by atomic mass is 10.1. The molecule has 0 atom stereocenters. The lowest BCUT2D eigenvalue weighted by molar-refractivity contribution is 0.102. The van der Waals surface area contributed by atoms with E-state index in [1.165, 1.54) is 19.2 Å². The van der Waals surface area contributed by atoms with Gasteiger partial charge in [0.2, 0.25) is 0 Å². The minimum Gasteiger partial charge on any atom is -0.493 e. The number of rotatable bonds is 5. The predicted molar refractivity (Wildman–Crippen MR) is 92.8 cm³/mol. The number of amides is 1. The zero-order chi connectivity index (χ0) is 17.8. The molecule has 1 aromatic carbocycles. The maximum absolute atomic E-state index is 14.4. The molecular formula is C19H21FN2O3. The normalized spacial score (nSPS) is 14.4. The number of pyridine rings is 1. The van der Waals surface area contributed by atoms with E-state index in [4.69, 9.17) is 9.47 Å². The van der Waals surface area contributed by atoms with Gasteiger partial charge in [-0.15, -0.1) is 0 Å². The van der Waals surface area contributed by atoms with Gasteiger partial charge in [-0.1, -0.05) is 6.07 Å². The molecule has 132 valence electrons. The number of nitrogens with zero attached hydrogens (tertiary/aromatic N) is 1. The van der Waals surface area contributed by atoms with Gasteiger partial charge in [0.05, 0.1) is 18.8 Å². The van der Waals surface area contributed by atoms with Crippen molar-refractivity contribution >= 4 is 11.7 Å². The largest absolute Gasteiger partial charge is 0.493 e. The Hall–Kier alpha value is -2.63. The fraction of sp³-hybridized carbons (Fsp3) is 0.368. The number of anilines is 1. The summed E-state index contributed by atoms with van der Waals surface area (Å²) in [5.41, 5.74) is 0.700. The fourth-order valence-corrected chi connectivity index (χ4v) is 2.94. The Morgan fingerprint density at radius 3 is 2.72 bits per heavy atom. The quantitative estimate of drug-likeness (QED) is 0.887. The second kappa shape index (κ2) is 7.51. The van der Waals surface area contributed by atoms with Crippen molar-refractivity contribution in [1.82, 2.24) is 4.98 Å². The Kier molecular flexibility index (Phi) is 5.16. The lowest BCUT2D eigenvalue weighted by Gasteiger charge is -2.17. The molecule has 0 bridgehead atoms. The van der Waals surface area contributed by atoms with E-state index in [0.717, 1.165) is 31.2 Å². The lowest BCUT2D eigenvalue weighted by Crippen LogP contribution is -2.17. The van der Waals surface area contributed by atoms with Crippen LogP contribution in [0.25, 0.3) is 0 Å². The Morgan fingerprint density at radius 2 is 2.04 bits per heavy atom. The highest BCUT2D eigenvalue weighted by Crippen LogP contribution is 2.34. The standard InChI is InChI=1S/C19H21FN2O3/c1-12-6-5-9-21-18(12)22-19(23)14-10-17(16(24-2)11-15(14)20)25-13-7-3-4-8-13/h5-6,9-11,13H,3-4,7-8H2,1-2H3,(H,21,22,23). The summed E-state index contributed by atoms with van der Waals surface area (Å²) in [4.78, 5) is 16.6. The number of benzene rings is 1. The van der Waals surface area contributed by atoms with E-state index in [1.54, 1.807) is 12.3 Å². The second-order valence-electron chi connectivity index (χ2n) is 6.13. The van der Waals surface area contributed by atoms with Gasteiger partial charge in [-0.05, 0) is 50.3 Å². The number of carbonyl (C=O) groups excluding carboxylic acids is 1. The minimum atomic E-state index is -0.665. The highest BCUT2D eigenvalue weighted by molar-refractivity contribution is 6.04. The van der Waals surface area contributed by atoms with Crippen LogP contribution in [0.4, 0.5) is 10.2 Å². The Labute approximate surface area is 146 Å². The van der Waals surface area contributed by atoms with Crippen LogP contribution in [-0.2, 0) is 0 Å². The first kappa shape index (κ1) is 17.2. The summed E-state index contributed by atoms with van der Waals surface area (Å²) in [7, 11) is 1.45. The Bertz CT molecular complexity index is 773. The van der Waals surface area contributed by atoms with Crippen LogP contribution >= 0.6 is 0 Å². The molecule has 1 fully saturated rings. The zero-order valence-electron chi connectivity index (χ0n) is 14.3. The number of methoxy groups -OCH3 is 1. The fourth-order valence-electron chi connectivity index (χ4n) is 2.94. The van der Waals surface area contributed by atoms with Gasteiger partial charge in [-0.25, -0.2) is 9.37 Å². The average molecular weight is 344 g/mol. The molecule has 2 aromatic rings. The van der Waals surface area contributed by atoms with Crippen LogP contribution in [0.2, 0.25) is 0 Å². The van der Waals surface area contributed by atoms with Crippen molar-refractivity contribution in [3.8, 4) is 11.5 Å². The molecule has 1 amide bonds. The van der Waals surface area contributed by atoms with E-state index in [0.29, 0.717) is 11.6 Å². The smallest absolute Gasteiger partial charge is 0.259 e. The Balaban J connectivity index is 1.86. The van der Waals surface area contributed by atoms with Crippen molar-refractivity contribution in [1.29, 1.82) is 0 Å². The molecule has 0 saturated heterocycles. The van der Waals surface area contributed by atoms with E-state index in [1.807, 2.05) is 13.0 Å².